The molecular weight excluding hydrogens is 328 g/mol. The molecule has 0 bridgehead atoms. The molecule has 0 radical (unpaired) electrons. The van der Waals surface area contributed by atoms with Crippen molar-refractivity contribution in [3.63, 3.8) is 0 Å². The van der Waals surface area contributed by atoms with E-state index in [9.17, 15) is 4.79 Å². The first-order valence-electron chi connectivity index (χ1n) is 6.99. The summed E-state index contributed by atoms with van der Waals surface area (Å²) in [6.45, 7) is 0.466. The van der Waals surface area contributed by atoms with Crippen LogP contribution in [0, 0.1) is 11.3 Å². The van der Waals surface area contributed by atoms with E-state index in [0.29, 0.717) is 22.9 Å². The van der Waals surface area contributed by atoms with E-state index in [1.165, 1.54) is 11.8 Å². The summed E-state index contributed by atoms with van der Waals surface area (Å²) in [6, 6.07) is 11.4. The number of aromatic nitrogens is 2. The highest BCUT2D eigenvalue weighted by Gasteiger charge is 2.34. The van der Waals surface area contributed by atoms with Crippen LogP contribution in [-0.4, -0.2) is 32.8 Å². The lowest BCUT2D eigenvalue weighted by molar-refractivity contribution is -0.128. The maximum absolute atomic E-state index is 12.2. The van der Waals surface area contributed by atoms with Crippen molar-refractivity contribution in [2.24, 2.45) is 0 Å². The molecule has 5 nitrogen and oxygen atoms in total. The fourth-order valence-corrected chi connectivity index (χ4v) is 4.04. The van der Waals surface area contributed by atoms with Gasteiger partial charge in [-0.3, -0.25) is 9.78 Å². The lowest BCUT2D eigenvalue weighted by Gasteiger charge is -2.23. The van der Waals surface area contributed by atoms with Crippen LogP contribution in [0.2, 0.25) is 0 Å². The molecule has 7 heteroatoms. The Morgan fingerprint density at radius 3 is 3.00 bits per heavy atom. The number of nitrogens with zero attached hydrogens (tertiary/aromatic N) is 4. The smallest absolute Gasteiger partial charge is 0.234 e. The highest BCUT2D eigenvalue weighted by Crippen LogP contribution is 2.39. The predicted molar refractivity (Wildman–Crippen MR) is 90.7 cm³/mol. The molecule has 3 rings (SSSR count). The molecule has 3 heterocycles. The van der Waals surface area contributed by atoms with Gasteiger partial charge in [0.15, 0.2) is 0 Å². The van der Waals surface area contributed by atoms with Gasteiger partial charge in [0, 0.05) is 6.20 Å². The first-order valence-corrected chi connectivity index (χ1v) is 9.26. The summed E-state index contributed by atoms with van der Waals surface area (Å²) in [4.78, 5) is 22.9. The van der Waals surface area contributed by atoms with E-state index < -0.39 is 0 Å². The van der Waals surface area contributed by atoms with Crippen LogP contribution in [0.15, 0.2) is 41.6 Å². The van der Waals surface area contributed by atoms with Gasteiger partial charge < -0.3 is 4.90 Å². The lowest BCUT2D eigenvalue weighted by atomic mass is 10.2. The van der Waals surface area contributed by atoms with Gasteiger partial charge in [0.05, 0.1) is 29.2 Å². The molecule has 1 fully saturated rings. The molecule has 1 aliphatic rings. The summed E-state index contributed by atoms with van der Waals surface area (Å²) >= 11 is 3.00. The van der Waals surface area contributed by atoms with Crippen molar-refractivity contribution in [1.82, 2.24) is 14.9 Å². The van der Waals surface area contributed by atoms with Gasteiger partial charge in [-0.15, -0.1) is 23.5 Å². The number of nitriles is 1. The van der Waals surface area contributed by atoms with Crippen molar-refractivity contribution in [2.45, 2.75) is 16.9 Å². The Morgan fingerprint density at radius 2 is 2.30 bits per heavy atom. The van der Waals surface area contributed by atoms with Crippen molar-refractivity contribution in [1.29, 1.82) is 5.26 Å². The molecule has 1 amide bonds. The third-order valence-electron chi connectivity index (χ3n) is 3.48. The van der Waals surface area contributed by atoms with Crippen LogP contribution in [0.4, 0.5) is 0 Å². The minimum Gasteiger partial charge on any atom is -0.318 e. The van der Waals surface area contributed by atoms with Crippen molar-refractivity contribution in [2.75, 3.05) is 12.0 Å². The summed E-state index contributed by atoms with van der Waals surface area (Å²) in [5.41, 5.74) is 2.22. The van der Waals surface area contributed by atoms with E-state index in [0.717, 1.165) is 11.4 Å². The molecule has 23 heavy (non-hydrogen) atoms. The van der Waals surface area contributed by atoms with Crippen LogP contribution in [0.5, 0.6) is 0 Å². The maximum Gasteiger partial charge on any atom is 0.234 e. The van der Waals surface area contributed by atoms with Gasteiger partial charge in [0.25, 0.3) is 0 Å². The molecular formula is C16H14N4OS2. The zero-order valence-corrected chi connectivity index (χ0v) is 14.1. The number of thioether (sulfide) groups is 2. The minimum absolute atomic E-state index is 0.0857. The van der Waals surface area contributed by atoms with Gasteiger partial charge in [0.2, 0.25) is 5.91 Å². The predicted octanol–water partition coefficient (Wildman–Crippen LogP) is 2.84. The Hall–Kier alpha value is -2.04. The number of hydrogen-bond donors (Lipinski definition) is 0. The SMILES string of the molecule is CSc1nc(C2SCC(=O)N2Cc2ccccn2)ccc1C#N. The number of carbonyl (C=O) groups is 1. The van der Waals surface area contributed by atoms with Gasteiger partial charge in [-0.1, -0.05) is 6.07 Å². The molecule has 1 unspecified atom stereocenters. The largest absolute Gasteiger partial charge is 0.318 e. The number of carbonyl (C=O) groups excluding carboxylic acids is 1. The number of pyridine rings is 2. The molecule has 2 aromatic heterocycles. The van der Waals surface area contributed by atoms with Gasteiger partial charge in [-0.2, -0.15) is 5.26 Å². The average molecular weight is 342 g/mol. The second-order valence-electron chi connectivity index (χ2n) is 4.91. The van der Waals surface area contributed by atoms with E-state index in [1.54, 1.807) is 28.9 Å². The van der Waals surface area contributed by atoms with Crippen molar-refractivity contribution >= 4 is 29.4 Å². The second-order valence-corrected chi connectivity index (χ2v) is 6.77. The molecule has 2 aromatic rings. The molecule has 0 aromatic carbocycles. The van der Waals surface area contributed by atoms with Crippen molar-refractivity contribution in [3.8, 4) is 6.07 Å². The number of rotatable bonds is 4. The van der Waals surface area contributed by atoms with Gasteiger partial charge in [0.1, 0.15) is 16.5 Å². The number of hydrogen-bond acceptors (Lipinski definition) is 6. The molecule has 1 aliphatic heterocycles. The van der Waals surface area contributed by atoms with E-state index in [-0.39, 0.29) is 11.3 Å². The monoisotopic (exact) mass is 342 g/mol. The Kier molecular flexibility index (Phi) is 4.84. The fraction of sp³-hybridized carbons (Fsp3) is 0.250. The molecule has 1 atom stereocenters. The summed E-state index contributed by atoms with van der Waals surface area (Å²) in [5.74, 6) is 0.524. The molecule has 0 saturated carbocycles. The lowest BCUT2D eigenvalue weighted by Crippen LogP contribution is -2.28. The Bertz CT molecular complexity index is 760. The summed E-state index contributed by atoms with van der Waals surface area (Å²) < 4.78 is 0. The molecule has 0 aliphatic carbocycles. The zero-order valence-electron chi connectivity index (χ0n) is 12.5. The fourth-order valence-electron chi connectivity index (χ4n) is 2.37. The minimum atomic E-state index is -0.136. The van der Waals surface area contributed by atoms with Crippen LogP contribution < -0.4 is 0 Å². The number of amides is 1. The Morgan fingerprint density at radius 1 is 1.43 bits per heavy atom. The summed E-state index contributed by atoms with van der Waals surface area (Å²) in [6.07, 6.45) is 3.62. The molecule has 1 saturated heterocycles. The van der Waals surface area contributed by atoms with Crippen LogP contribution in [0.1, 0.15) is 22.3 Å². The molecule has 0 N–H and O–H groups in total. The Balaban J connectivity index is 1.89. The van der Waals surface area contributed by atoms with Crippen LogP contribution in [0.25, 0.3) is 0 Å². The third-order valence-corrected chi connectivity index (χ3v) is 5.40. The van der Waals surface area contributed by atoms with E-state index in [1.807, 2.05) is 30.5 Å². The normalized spacial score (nSPS) is 17.3. The Labute approximate surface area is 143 Å². The van der Waals surface area contributed by atoms with Crippen molar-refractivity contribution in [3.05, 3.63) is 53.5 Å². The van der Waals surface area contributed by atoms with Gasteiger partial charge in [-0.25, -0.2) is 4.98 Å². The van der Waals surface area contributed by atoms with Gasteiger partial charge in [-0.05, 0) is 30.5 Å². The van der Waals surface area contributed by atoms with E-state index in [4.69, 9.17) is 5.26 Å². The van der Waals surface area contributed by atoms with Crippen LogP contribution in [-0.2, 0) is 11.3 Å². The second kappa shape index (κ2) is 7.02. The molecule has 116 valence electrons. The standard InChI is InChI=1S/C16H14N4OS2/c1-22-15-11(8-17)5-6-13(19-15)16-20(14(21)10-23-16)9-12-4-2-3-7-18-12/h2-7,16H,9-10H2,1H3. The van der Waals surface area contributed by atoms with Crippen LogP contribution in [0.3, 0.4) is 0 Å². The molecule has 0 spiro atoms. The summed E-state index contributed by atoms with van der Waals surface area (Å²) in [7, 11) is 0. The first-order chi connectivity index (χ1) is 11.2. The quantitative estimate of drug-likeness (QED) is 0.796. The van der Waals surface area contributed by atoms with Gasteiger partial charge >= 0.3 is 0 Å². The first kappa shape index (κ1) is 15.8. The highest BCUT2D eigenvalue weighted by molar-refractivity contribution is 8.00. The van der Waals surface area contributed by atoms with E-state index in [2.05, 4.69) is 16.0 Å². The summed E-state index contributed by atoms with van der Waals surface area (Å²) in [5, 5.41) is 9.67. The average Bonchev–Trinajstić information content (AvgIpc) is 2.96. The maximum atomic E-state index is 12.2. The zero-order chi connectivity index (χ0) is 16.2. The topological polar surface area (TPSA) is 69.9 Å². The highest BCUT2D eigenvalue weighted by atomic mass is 32.2. The van der Waals surface area contributed by atoms with Crippen LogP contribution >= 0.6 is 23.5 Å². The third kappa shape index (κ3) is 3.33. The van der Waals surface area contributed by atoms with E-state index >= 15 is 0 Å². The van der Waals surface area contributed by atoms with Crippen molar-refractivity contribution < 1.29 is 4.79 Å².